The van der Waals surface area contributed by atoms with E-state index < -0.39 is 0 Å². The summed E-state index contributed by atoms with van der Waals surface area (Å²) in [5.41, 5.74) is 3.30. The largest absolute Gasteiger partial charge is 0.348 e. The summed E-state index contributed by atoms with van der Waals surface area (Å²) in [6.45, 7) is 4.20. The number of quaternary nitrogens is 1. The van der Waals surface area contributed by atoms with Crippen LogP contribution < -0.4 is 10.2 Å². The fourth-order valence-corrected chi connectivity index (χ4v) is 3.09. The molecule has 3 nitrogen and oxygen atoms in total. The lowest BCUT2D eigenvalue weighted by Gasteiger charge is -2.15. The Morgan fingerprint density at radius 1 is 0.909 bits per heavy atom. The van der Waals surface area contributed by atoms with Gasteiger partial charge in [-0.05, 0) is 17.7 Å². The van der Waals surface area contributed by atoms with Crippen molar-refractivity contribution in [3.8, 4) is 0 Å². The Balaban J connectivity index is 1.63. The van der Waals surface area contributed by atoms with Crippen LogP contribution in [0.4, 0.5) is 0 Å². The van der Waals surface area contributed by atoms with Gasteiger partial charge in [-0.25, -0.2) is 0 Å². The van der Waals surface area contributed by atoms with E-state index in [9.17, 15) is 4.79 Å². The minimum absolute atomic E-state index is 0.0103. The van der Waals surface area contributed by atoms with Crippen LogP contribution in [0.1, 0.15) is 34.3 Å². The third-order valence-electron chi connectivity index (χ3n) is 4.34. The molecule has 1 amide bonds. The van der Waals surface area contributed by atoms with Crippen molar-refractivity contribution in [1.82, 2.24) is 5.32 Å². The first-order chi connectivity index (χ1) is 10.8. The topological polar surface area (TPSA) is 33.5 Å². The molecule has 2 aromatic carbocycles. The molecule has 114 valence electrons. The molecule has 1 fully saturated rings. The molecule has 0 radical (unpaired) electrons. The first-order valence-corrected chi connectivity index (χ1v) is 8.06. The highest BCUT2D eigenvalue weighted by Crippen LogP contribution is 2.09. The smallest absolute Gasteiger partial charge is 0.251 e. The van der Waals surface area contributed by atoms with Gasteiger partial charge in [0.1, 0.15) is 6.54 Å². The van der Waals surface area contributed by atoms with Crippen molar-refractivity contribution in [2.45, 2.75) is 25.9 Å². The Bertz CT molecular complexity index is 618. The molecule has 1 aliphatic heterocycles. The third kappa shape index (κ3) is 3.74. The predicted molar refractivity (Wildman–Crippen MR) is 87.7 cm³/mol. The van der Waals surface area contributed by atoms with Crippen LogP contribution >= 0.6 is 0 Å². The van der Waals surface area contributed by atoms with Crippen molar-refractivity contribution < 1.29 is 9.69 Å². The molecule has 1 saturated heterocycles. The third-order valence-corrected chi connectivity index (χ3v) is 4.34. The SMILES string of the molecule is O=C(NCc1ccccc1C[NH+]1CCCC1)c1ccccc1. The lowest BCUT2D eigenvalue weighted by Crippen LogP contribution is -3.08. The van der Waals surface area contributed by atoms with Crippen molar-refractivity contribution in [2.75, 3.05) is 13.1 Å². The second-order valence-corrected chi connectivity index (χ2v) is 5.95. The molecule has 0 saturated carbocycles. The van der Waals surface area contributed by atoms with Gasteiger partial charge < -0.3 is 10.2 Å². The molecule has 0 bridgehead atoms. The summed E-state index contributed by atoms with van der Waals surface area (Å²) in [5, 5.41) is 3.03. The van der Waals surface area contributed by atoms with Gasteiger partial charge in [-0.1, -0.05) is 42.5 Å². The summed E-state index contributed by atoms with van der Waals surface area (Å²) in [5.74, 6) is -0.0103. The van der Waals surface area contributed by atoms with Crippen molar-refractivity contribution in [3.05, 3.63) is 71.3 Å². The molecule has 1 heterocycles. The summed E-state index contributed by atoms with van der Waals surface area (Å²) in [7, 11) is 0. The fourth-order valence-electron chi connectivity index (χ4n) is 3.09. The predicted octanol–water partition coefficient (Wildman–Crippen LogP) is 1.80. The first-order valence-electron chi connectivity index (χ1n) is 8.06. The molecule has 0 unspecified atom stereocenters. The van der Waals surface area contributed by atoms with Gasteiger partial charge in [-0.3, -0.25) is 4.79 Å². The molecule has 1 aliphatic rings. The first kappa shape index (κ1) is 14.8. The number of hydrogen-bond acceptors (Lipinski definition) is 1. The number of benzene rings is 2. The average molecular weight is 295 g/mol. The monoisotopic (exact) mass is 295 g/mol. The van der Waals surface area contributed by atoms with Gasteiger partial charge in [0.2, 0.25) is 0 Å². The Hall–Kier alpha value is -2.13. The van der Waals surface area contributed by atoms with Crippen LogP contribution in [0.3, 0.4) is 0 Å². The highest BCUT2D eigenvalue weighted by atomic mass is 16.1. The van der Waals surface area contributed by atoms with Gasteiger partial charge in [0.05, 0.1) is 13.1 Å². The molecule has 2 aromatic rings. The van der Waals surface area contributed by atoms with Gasteiger partial charge >= 0.3 is 0 Å². The second kappa shape index (κ2) is 7.23. The molecule has 0 aromatic heterocycles. The van der Waals surface area contributed by atoms with Gasteiger partial charge in [0, 0.05) is 30.5 Å². The zero-order chi connectivity index (χ0) is 15.2. The van der Waals surface area contributed by atoms with Crippen LogP contribution in [0.25, 0.3) is 0 Å². The maximum Gasteiger partial charge on any atom is 0.251 e. The Morgan fingerprint density at radius 3 is 2.27 bits per heavy atom. The number of hydrogen-bond donors (Lipinski definition) is 2. The lowest BCUT2D eigenvalue weighted by molar-refractivity contribution is -0.901. The highest BCUT2D eigenvalue weighted by Gasteiger charge is 2.17. The molecule has 3 rings (SSSR count). The Kier molecular flexibility index (Phi) is 4.86. The summed E-state index contributed by atoms with van der Waals surface area (Å²) < 4.78 is 0. The van der Waals surface area contributed by atoms with Gasteiger partial charge in [0.25, 0.3) is 5.91 Å². The molecule has 2 N–H and O–H groups in total. The molecular weight excluding hydrogens is 272 g/mol. The number of amides is 1. The van der Waals surface area contributed by atoms with Gasteiger partial charge in [0.15, 0.2) is 0 Å². The van der Waals surface area contributed by atoms with Gasteiger partial charge in [-0.2, -0.15) is 0 Å². The van der Waals surface area contributed by atoms with Crippen LogP contribution in [0.2, 0.25) is 0 Å². The van der Waals surface area contributed by atoms with Crippen molar-refractivity contribution in [2.24, 2.45) is 0 Å². The van der Waals surface area contributed by atoms with Crippen molar-refractivity contribution in [3.63, 3.8) is 0 Å². The minimum Gasteiger partial charge on any atom is -0.348 e. The molecule has 0 aliphatic carbocycles. The quantitative estimate of drug-likeness (QED) is 0.866. The highest BCUT2D eigenvalue weighted by molar-refractivity contribution is 5.94. The Labute approximate surface area is 132 Å². The van der Waals surface area contributed by atoms with Crippen LogP contribution in [0, 0.1) is 0 Å². The van der Waals surface area contributed by atoms with E-state index in [2.05, 4.69) is 23.5 Å². The lowest BCUT2D eigenvalue weighted by atomic mass is 10.1. The number of rotatable bonds is 5. The van der Waals surface area contributed by atoms with Gasteiger partial charge in [-0.15, -0.1) is 0 Å². The normalized spacial score (nSPS) is 14.9. The fraction of sp³-hybridized carbons (Fsp3) is 0.316. The number of carbonyl (C=O) groups excluding carboxylic acids is 1. The standard InChI is InChI=1S/C19H22N2O/c22-19(16-8-2-1-3-9-16)20-14-17-10-4-5-11-18(17)15-21-12-6-7-13-21/h1-5,8-11H,6-7,12-15H2,(H,20,22)/p+1. The van der Waals surface area contributed by atoms with E-state index in [1.165, 1.54) is 37.1 Å². The van der Waals surface area contributed by atoms with Crippen molar-refractivity contribution >= 4 is 5.91 Å². The van der Waals surface area contributed by atoms with E-state index in [1.807, 2.05) is 36.4 Å². The maximum absolute atomic E-state index is 12.2. The summed E-state index contributed by atoms with van der Waals surface area (Å²) in [6, 6.07) is 17.8. The second-order valence-electron chi connectivity index (χ2n) is 5.95. The molecule has 0 atom stereocenters. The minimum atomic E-state index is -0.0103. The molecule has 0 spiro atoms. The van der Waals surface area contributed by atoms with E-state index in [1.54, 1.807) is 4.90 Å². The summed E-state index contributed by atoms with van der Waals surface area (Å²) >= 11 is 0. The van der Waals surface area contributed by atoms with E-state index in [0.717, 1.165) is 6.54 Å². The zero-order valence-electron chi connectivity index (χ0n) is 12.8. The maximum atomic E-state index is 12.2. The van der Waals surface area contributed by atoms with E-state index in [-0.39, 0.29) is 5.91 Å². The number of likely N-dealkylation sites (tertiary alicyclic amines) is 1. The van der Waals surface area contributed by atoms with Crippen LogP contribution in [0.5, 0.6) is 0 Å². The summed E-state index contributed by atoms with van der Waals surface area (Å²) in [6.07, 6.45) is 2.67. The Morgan fingerprint density at radius 2 is 1.55 bits per heavy atom. The van der Waals surface area contributed by atoms with Crippen LogP contribution in [-0.2, 0) is 13.1 Å². The van der Waals surface area contributed by atoms with E-state index >= 15 is 0 Å². The number of carbonyl (C=O) groups is 1. The average Bonchev–Trinajstić information content (AvgIpc) is 3.07. The summed E-state index contributed by atoms with van der Waals surface area (Å²) in [4.78, 5) is 13.8. The van der Waals surface area contributed by atoms with E-state index in [4.69, 9.17) is 0 Å². The molecular formula is C19H23N2O+. The number of nitrogens with one attached hydrogen (secondary N) is 2. The van der Waals surface area contributed by atoms with Crippen LogP contribution in [-0.4, -0.2) is 19.0 Å². The van der Waals surface area contributed by atoms with Crippen LogP contribution in [0.15, 0.2) is 54.6 Å². The zero-order valence-corrected chi connectivity index (χ0v) is 12.8. The van der Waals surface area contributed by atoms with E-state index in [0.29, 0.717) is 12.1 Å². The van der Waals surface area contributed by atoms with Crippen molar-refractivity contribution in [1.29, 1.82) is 0 Å². The molecule has 22 heavy (non-hydrogen) atoms. The molecule has 3 heteroatoms.